The molecule has 0 aromatic rings. The number of carbonyl (C=O) groups excluding carboxylic acids is 1. The molecule has 3 atom stereocenters. The number of hydrogen-bond donors (Lipinski definition) is 0. The minimum absolute atomic E-state index is 0.0810. The fraction of sp³-hybridized carbons (Fsp3) is 0.900. The SMILES string of the molecule is CCOC1CC(=O)OC2CCC12C. The van der Waals surface area contributed by atoms with E-state index < -0.39 is 0 Å². The van der Waals surface area contributed by atoms with E-state index in [9.17, 15) is 4.79 Å². The van der Waals surface area contributed by atoms with E-state index in [0.29, 0.717) is 13.0 Å². The normalized spacial score (nSPS) is 43.4. The lowest BCUT2D eigenvalue weighted by Crippen LogP contribution is -2.58. The van der Waals surface area contributed by atoms with E-state index in [-0.39, 0.29) is 23.6 Å². The van der Waals surface area contributed by atoms with Crippen molar-refractivity contribution in [2.24, 2.45) is 5.41 Å². The molecule has 2 rings (SSSR count). The Morgan fingerprint density at radius 1 is 1.69 bits per heavy atom. The molecule has 0 spiro atoms. The van der Waals surface area contributed by atoms with Crippen molar-refractivity contribution >= 4 is 5.97 Å². The Morgan fingerprint density at radius 2 is 2.46 bits per heavy atom. The Hall–Kier alpha value is -0.570. The molecule has 0 N–H and O–H groups in total. The average molecular weight is 184 g/mol. The average Bonchev–Trinajstić information content (AvgIpc) is 2.09. The smallest absolute Gasteiger partial charge is 0.308 e. The van der Waals surface area contributed by atoms with Crippen LogP contribution in [0.5, 0.6) is 0 Å². The molecular weight excluding hydrogens is 168 g/mol. The number of carbonyl (C=O) groups is 1. The molecule has 2 aliphatic rings. The maximum atomic E-state index is 11.2. The molecule has 0 radical (unpaired) electrons. The van der Waals surface area contributed by atoms with Gasteiger partial charge < -0.3 is 9.47 Å². The van der Waals surface area contributed by atoms with Crippen molar-refractivity contribution in [3.63, 3.8) is 0 Å². The van der Waals surface area contributed by atoms with Crippen LogP contribution in [-0.2, 0) is 14.3 Å². The molecule has 0 aromatic carbocycles. The fourth-order valence-electron chi connectivity index (χ4n) is 2.32. The van der Waals surface area contributed by atoms with Crippen LogP contribution >= 0.6 is 0 Å². The third-order valence-corrected chi connectivity index (χ3v) is 3.41. The predicted molar refractivity (Wildman–Crippen MR) is 47.3 cm³/mol. The van der Waals surface area contributed by atoms with E-state index in [4.69, 9.17) is 9.47 Å². The standard InChI is InChI=1S/C10H16O3/c1-3-12-8-6-9(11)13-7-4-5-10(7,8)2/h7-8H,3-6H2,1-2H3. The molecule has 1 aliphatic heterocycles. The fourth-order valence-corrected chi connectivity index (χ4v) is 2.32. The summed E-state index contributed by atoms with van der Waals surface area (Å²) in [6.07, 6.45) is 2.75. The Bertz CT molecular complexity index is 226. The highest BCUT2D eigenvalue weighted by atomic mass is 16.6. The lowest BCUT2D eigenvalue weighted by molar-refractivity contribution is -0.215. The first kappa shape index (κ1) is 9.00. The van der Waals surface area contributed by atoms with Gasteiger partial charge in [0.25, 0.3) is 0 Å². The number of esters is 1. The highest BCUT2D eigenvalue weighted by Crippen LogP contribution is 2.50. The van der Waals surface area contributed by atoms with Gasteiger partial charge in [0.05, 0.1) is 12.5 Å². The molecule has 1 aliphatic carbocycles. The molecule has 0 aromatic heterocycles. The van der Waals surface area contributed by atoms with Crippen LogP contribution in [0.25, 0.3) is 0 Å². The van der Waals surface area contributed by atoms with Crippen LogP contribution in [0.1, 0.15) is 33.1 Å². The predicted octanol–water partition coefficient (Wildman–Crippen LogP) is 1.51. The topological polar surface area (TPSA) is 35.5 Å². The number of fused-ring (bicyclic) bond motifs is 1. The van der Waals surface area contributed by atoms with Gasteiger partial charge in [-0.15, -0.1) is 0 Å². The van der Waals surface area contributed by atoms with Crippen molar-refractivity contribution in [3.8, 4) is 0 Å². The largest absolute Gasteiger partial charge is 0.462 e. The van der Waals surface area contributed by atoms with Gasteiger partial charge >= 0.3 is 5.97 Å². The lowest BCUT2D eigenvalue weighted by atomic mass is 9.62. The molecule has 1 heterocycles. The quantitative estimate of drug-likeness (QED) is 0.610. The summed E-state index contributed by atoms with van der Waals surface area (Å²) in [5.41, 5.74) is 0.101. The number of hydrogen-bond acceptors (Lipinski definition) is 3. The van der Waals surface area contributed by atoms with Crippen molar-refractivity contribution in [2.75, 3.05) is 6.61 Å². The van der Waals surface area contributed by atoms with E-state index in [0.717, 1.165) is 12.8 Å². The van der Waals surface area contributed by atoms with Crippen molar-refractivity contribution in [1.29, 1.82) is 0 Å². The van der Waals surface area contributed by atoms with Gasteiger partial charge in [0, 0.05) is 12.0 Å². The van der Waals surface area contributed by atoms with Crippen LogP contribution < -0.4 is 0 Å². The minimum Gasteiger partial charge on any atom is -0.462 e. The first-order chi connectivity index (χ1) is 6.16. The first-order valence-electron chi connectivity index (χ1n) is 4.98. The van der Waals surface area contributed by atoms with Crippen molar-refractivity contribution in [2.45, 2.75) is 45.3 Å². The van der Waals surface area contributed by atoms with E-state index >= 15 is 0 Å². The zero-order valence-corrected chi connectivity index (χ0v) is 8.21. The monoisotopic (exact) mass is 184 g/mol. The summed E-state index contributed by atoms with van der Waals surface area (Å²) in [6, 6.07) is 0. The van der Waals surface area contributed by atoms with Gasteiger partial charge in [0.2, 0.25) is 0 Å². The summed E-state index contributed by atoms with van der Waals surface area (Å²) in [5, 5.41) is 0. The second kappa shape index (κ2) is 2.98. The molecule has 1 saturated carbocycles. The zero-order chi connectivity index (χ0) is 9.47. The Balaban J connectivity index is 2.09. The molecule has 2 fully saturated rings. The van der Waals surface area contributed by atoms with Crippen LogP contribution in [0.3, 0.4) is 0 Å². The van der Waals surface area contributed by atoms with Gasteiger partial charge in [-0.05, 0) is 19.8 Å². The zero-order valence-electron chi connectivity index (χ0n) is 8.21. The Morgan fingerprint density at radius 3 is 3.00 bits per heavy atom. The minimum atomic E-state index is -0.0966. The molecule has 3 heteroatoms. The number of rotatable bonds is 2. The molecule has 3 unspecified atom stereocenters. The van der Waals surface area contributed by atoms with Gasteiger partial charge in [-0.25, -0.2) is 0 Å². The summed E-state index contributed by atoms with van der Waals surface area (Å²) >= 11 is 0. The van der Waals surface area contributed by atoms with E-state index in [1.807, 2.05) is 6.92 Å². The van der Waals surface area contributed by atoms with Gasteiger partial charge in [-0.3, -0.25) is 4.79 Å². The Labute approximate surface area is 78.4 Å². The molecule has 0 amide bonds. The summed E-state index contributed by atoms with van der Waals surface area (Å²) in [6.45, 7) is 4.81. The van der Waals surface area contributed by atoms with Crippen LogP contribution in [0, 0.1) is 5.41 Å². The lowest BCUT2D eigenvalue weighted by Gasteiger charge is -2.53. The van der Waals surface area contributed by atoms with E-state index in [2.05, 4.69) is 6.92 Å². The van der Waals surface area contributed by atoms with Crippen molar-refractivity contribution < 1.29 is 14.3 Å². The molecule has 13 heavy (non-hydrogen) atoms. The van der Waals surface area contributed by atoms with Crippen LogP contribution in [0.2, 0.25) is 0 Å². The molecule has 74 valence electrons. The van der Waals surface area contributed by atoms with Crippen LogP contribution in [0.15, 0.2) is 0 Å². The van der Waals surface area contributed by atoms with Gasteiger partial charge in [-0.2, -0.15) is 0 Å². The molecular formula is C10H16O3. The summed E-state index contributed by atoms with van der Waals surface area (Å²) < 4.78 is 10.8. The maximum Gasteiger partial charge on any atom is 0.308 e. The highest BCUT2D eigenvalue weighted by Gasteiger charge is 2.55. The maximum absolute atomic E-state index is 11.2. The van der Waals surface area contributed by atoms with E-state index in [1.165, 1.54) is 0 Å². The molecule has 1 saturated heterocycles. The first-order valence-corrected chi connectivity index (χ1v) is 4.98. The van der Waals surface area contributed by atoms with Crippen LogP contribution in [-0.4, -0.2) is 24.8 Å². The second-order valence-electron chi connectivity index (χ2n) is 4.17. The van der Waals surface area contributed by atoms with Gasteiger partial charge in [0.15, 0.2) is 0 Å². The third kappa shape index (κ3) is 1.26. The summed E-state index contributed by atoms with van der Waals surface area (Å²) in [5.74, 6) is -0.0966. The van der Waals surface area contributed by atoms with Gasteiger partial charge in [-0.1, -0.05) is 6.92 Å². The van der Waals surface area contributed by atoms with E-state index in [1.54, 1.807) is 0 Å². The molecule has 0 bridgehead atoms. The summed E-state index contributed by atoms with van der Waals surface area (Å²) in [7, 11) is 0. The second-order valence-corrected chi connectivity index (χ2v) is 4.17. The highest BCUT2D eigenvalue weighted by molar-refractivity contribution is 5.71. The number of ether oxygens (including phenoxy) is 2. The van der Waals surface area contributed by atoms with Crippen LogP contribution in [0.4, 0.5) is 0 Å². The molecule has 3 nitrogen and oxygen atoms in total. The van der Waals surface area contributed by atoms with Gasteiger partial charge in [0.1, 0.15) is 6.10 Å². The van der Waals surface area contributed by atoms with Crippen molar-refractivity contribution in [3.05, 3.63) is 0 Å². The summed E-state index contributed by atoms with van der Waals surface area (Å²) in [4.78, 5) is 11.2. The third-order valence-electron chi connectivity index (χ3n) is 3.41. The van der Waals surface area contributed by atoms with Crippen molar-refractivity contribution in [1.82, 2.24) is 0 Å². The Kier molecular flexibility index (Phi) is 2.06.